The maximum atomic E-state index is 12.6. The first-order valence-electron chi connectivity index (χ1n) is 8.33. The molecule has 150 valence electrons. The van der Waals surface area contributed by atoms with Crippen molar-refractivity contribution in [1.29, 1.82) is 0 Å². The van der Waals surface area contributed by atoms with Gasteiger partial charge in [0.25, 0.3) is 15.9 Å². The van der Waals surface area contributed by atoms with E-state index in [-0.39, 0.29) is 26.8 Å². The van der Waals surface area contributed by atoms with Crippen LogP contribution in [0.4, 0.5) is 5.69 Å². The summed E-state index contributed by atoms with van der Waals surface area (Å²) in [6.45, 7) is 2.81. The molecule has 0 saturated carbocycles. The van der Waals surface area contributed by atoms with Gasteiger partial charge in [-0.25, -0.2) is 21.6 Å². The number of sulfonamides is 1. The summed E-state index contributed by atoms with van der Waals surface area (Å²) >= 11 is 0. The third kappa shape index (κ3) is 5.17. The number of sulfone groups is 1. The predicted molar refractivity (Wildman–Crippen MR) is 104 cm³/mol. The molecular weight excluding hydrogens is 404 g/mol. The molecule has 0 aliphatic heterocycles. The molecule has 0 radical (unpaired) electrons. The van der Waals surface area contributed by atoms with Gasteiger partial charge in [0.2, 0.25) is 5.91 Å². The van der Waals surface area contributed by atoms with E-state index in [2.05, 4.69) is 5.32 Å². The molecule has 0 atom stereocenters. The van der Waals surface area contributed by atoms with Gasteiger partial charge in [-0.05, 0) is 42.8 Å². The molecule has 0 aliphatic carbocycles. The second-order valence-corrected chi connectivity index (χ2v) is 9.72. The van der Waals surface area contributed by atoms with Crippen LogP contribution < -0.4 is 10.0 Å². The largest absolute Gasteiger partial charge is 0.322 e. The highest BCUT2D eigenvalue weighted by molar-refractivity contribution is 7.91. The number of anilines is 1. The fourth-order valence-corrected chi connectivity index (χ4v) is 5.00. The van der Waals surface area contributed by atoms with E-state index < -0.39 is 31.7 Å². The molecule has 2 aromatic rings. The lowest BCUT2D eigenvalue weighted by Crippen LogP contribution is -2.28. The van der Waals surface area contributed by atoms with E-state index in [4.69, 9.17) is 0 Å². The standard InChI is InChI=1S/C18H20N2O6S2/c1-3-12-27(23,24)17-7-5-4-6-16(17)18(22)19-14-8-10-15(11-9-14)28(25,26)20-13(2)21/h4-11H,3,12H2,1-2H3,(H,19,22)(H,20,21). The van der Waals surface area contributed by atoms with Crippen LogP contribution in [0.15, 0.2) is 58.3 Å². The molecule has 2 rings (SSSR count). The average molecular weight is 425 g/mol. The van der Waals surface area contributed by atoms with Crippen LogP contribution >= 0.6 is 0 Å². The van der Waals surface area contributed by atoms with E-state index in [1.54, 1.807) is 19.1 Å². The van der Waals surface area contributed by atoms with E-state index in [1.165, 1.54) is 36.4 Å². The number of amides is 2. The second kappa shape index (κ2) is 8.53. The molecule has 2 aromatic carbocycles. The smallest absolute Gasteiger partial charge is 0.264 e. The molecule has 0 fully saturated rings. The summed E-state index contributed by atoms with van der Waals surface area (Å²) < 4.78 is 50.4. The third-order valence-corrected chi connectivity index (χ3v) is 7.06. The normalized spacial score (nSPS) is 11.6. The van der Waals surface area contributed by atoms with Gasteiger partial charge in [0.1, 0.15) is 0 Å². The Morgan fingerprint density at radius 1 is 0.929 bits per heavy atom. The van der Waals surface area contributed by atoms with Gasteiger partial charge in [-0.15, -0.1) is 0 Å². The number of carbonyl (C=O) groups is 2. The molecule has 2 amide bonds. The van der Waals surface area contributed by atoms with Gasteiger partial charge in [0.05, 0.1) is 21.1 Å². The van der Waals surface area contributed by atoms with Gasteiger partial charge in [-0.2, -0.15) is 0 Å². The van der Waals surface area contributed by atoms with E-state index >= 15 is 0 Å². The zero-order valence-corrected chi connectivity index (χ0v) is 16.9. The summed E-state index contributed by atoms with van der Waals surface area (Å²) in [6.07, 6.45) is 0.419. The molecule has 0 bridgehead atoms. The molecule has 10 heteroatoms. The number of nitrogens with one attached hydrogen (secondary N) is 2. The monoisotopic (exact) mass is 424 g/mol. The topological polar surface area (TPSA) is 126 Å². The van der Waals surface area contributed by atoms with E-state index in [0.29, 0.717) is 6.42 Å². The Morgan fingerprint density at radius 2 is 1.54 bits per heavy atom. The lowest BCUT2D eigenvalue weighted by Gasteiger charge is -2.11. The molecule has 0 heterocycles. The first-order chi connectivity index (χ1) is 13.1. The van der Waals surface area contributed by atoms with Crippen molar-refractivity contribution in [2.24, 2.45) is 0 Å². The second-order valence-electron chi connectivity index (χ2n) is 5.96. The lowest BCUT2D eigenvalue weighted by atomic mass is 10.2. The highest BCUT2D eigenvalue weighted by Gasteiger charge is 2.22. The van der Waals surface area contributed by atoms with Crippen LogP contribution in [0.5, 0.6) is 0 Å². The van der Waals surface area contributed by atoms with Gasteiger partial charge >= 0.3 is 0 Å². The van der Waals surface area contributed by atoms with E-state index in [1.807, 2.05) is 4.72 Å². The minimum Gasteiger partial charge on any atom is -0.322 e. The molecular formula is C18H20N2O6S2. The Bertz CT molecular complexity index is 1090. The van der Waals surface area contributed by atoms with E-state index in [9.17, 15) is 26.4 Å². The van der Waals surface area contributed by atoms with Crippen LogP contribution in [0.1, 0.15) is 30.6 Å². The first kappa shape index (κ1) is 21.6. The van der Waals surface area contributed by atoms with Crippen LogP contribution in [0.3, 0.4) is 0 Å². The van der Waals surface area contributed by atoms with Crippen LogP contribution in [0.2, 0.25) is 0 Å². The number of hydrogen-bond acceptors (Lipinski definition) is 6. The molecule has 0 unspecified atom stereocenters. The zero-order valence-electron chi connectivity index (χ0n) is 15.3. The SMILES string of the molecule is CCCS(=O)(=O)c1ccccc1C(=O)Nc1ccc(S(=O)(=O)NC(C)=O)cc1. The highest BCUT2D eigenvalue weighted by atomic mass is 32.2. The minimum absolute atomic E-state index is 0.00546. The summed E-state index contributed by atoms with van der Waals surface area (Å²) in [4.78, 5) is 23.3. The minimum atomic E-state index is -3.98. The highest BCUT2D eigenvalue weighted by Crippen LogP contribution is 2.20. The Balaban J connectivity index is 2.27. The number of hydrogen-bond donors (Lipinski definition) is 2. The summed E-state index contributed by atoms with van der Waals surface area (Å²) in [6, 6.07) is 11.0. The van der Waals surface area contributed by atoms with Crippen molar-refractivity contribution in [2.45, 2.75) is 30.1 Å². The fourth-order valence-electron chi connectivity index (χ4n) is 2.47. The van der Waals surface area contributed by atoms with Crippen molar-refractivity contribution in [3.63, 3.8) is 0 Å². The maximum absolute atomic E-state index is 12.6. The van der Waals surface area contributed by atoms with E-state index in [0.717, 1.165) is 6.92 Å². The fraction of sp³-hybridized carbons (Fsp3) is 0.222. The van der Waals surface area contributed by atoms with Crippen LogP contribution in [0, 0.1) is 0 Å². The predicted octanol–water partition coefficient (Wildman–Crippen LogP) is 1.95. The summed E-state index contributed by atoms with van der Waals surface area (Å²) in [5.74, 6) is -1.43. The molecule has 0 aliphatic rings. The van der Waals surface area contributed by atoms with Gasteiger partial charge < -0.3 is 5.32 Å². The van der Waals surface area contributed by atoms with Crippen molar-refractivity contribution in [2.75, 3.05) is 11.1 Å². The van der Waals surface area contributed by atoms with Crippen LogP contribution in [-0.2, 0) is 24.7 Å². The third-order valence-electron chi connectivity index (χ3n) is 3.64. The summed E-state index contributed by atoms with van der Waals surface area (Å²) in [5.41, 5.74) is 0.278. The summed E-state index contributed by atoms with van der Waals surface area (Å²) in [5, 5.41) is 2.55. The van der Waals surface area contributed by atoms with Crippen molar-refractivity contribution >= 4 is 37.4 Å². The molecule has 0 aromatic heterocycles. The first-order valence-corrected chi connectivity index (χ1v) is 11.5. The summed E-state index contributed by atoms with van der Waals surface area (Å²) in [7, 11) is -7.58. The number of carbonyl (C=O) groups excluding carboxylic acids is 2. The van der Waals surface area contributed by atoms with Crippen molar-refractivity contribution in [3.8, 4) is 0 Å². The molecule has 2 N–H and O–H groups in total. The Labute approximate surface area is 163 Å². The molecule has 0 spiro atoms. The lowest BCUT2D eigenvalue weighted by molar-refractivity contribution is -0.117. The van der Waals surface area contributed by atoms with Gasteiger partial charge in [0.15, 0.2) is 9.84 Å². The quantitative estimate of drug-likeness (QED) is 0.699. The van der Waals surface area contributed by atoms with Gasteiger partial charge in [0, 0.05) is 12.6 Å². The molecule has 0 saturated heterocycles. The maximum Gasteiger partial charge on any atom is 0.264 e. The zero-order chi connectivity index (χ0) is 20.9. The Hall–Kier alpha value is -2.72. The Morgan fingerprint density at radius 3 is 2.11 bits per heavy atom. The molecule has 28 heavy (non-hydrogen) atoms. The average Bonchev–Trinajstić information content (AvgIpc) is 2.61. The number of rotatable bonds is 7. The van der Waals surface area contributed by atoms with Gasteiger partial charge in [-0.1, -0.05) is 19.1 Å². The Kier molecular flexibility index (Phi) is 6.57. The van der Waals surface area contributed by atoms with Crippen molar-refractivity contribution in [3.05, 3.63) is 54.1 Å². The number of benzene rings is 2. The van der Waals surface area contributed by atoms with Crippen LogP contribution in [-0.4, -0.2) is 34.4 Å². The molecule has 8 nitrogen and oxygen atoms in total. The van der Waals surface area contributed by atoms with Crippen molar-refractivity contribution in [1.82, 2.24) is 4.72 Å². The van der Waals surface area contributed by atoms with Crippen LogP contribution in [0.25, 0.3) is 0 Å². The van der Waals surface area contributed by atoms with Gasteiger partial charge in [-0.3, -0.25) is 9.59 Å². The van der Waals surface area contributed by atoms with Crippen molar-refractivity contribution < 1.29 is 26.4 Å².